The average molecular weight is 719 g/mol. The Labute approximate surface area is 319 Å². The van der Waals surface area contributed by atoms with E-state index in [2.05, 4.69) is 182 Å². The number of hydrogen-bond acceptors (Lipinski definition) is 2. The minimum atomic E-state index is 1.24. The zero-order chi connectivity index (χ0) is 35.3. The fourth-order valence-electron chi connectivity index (χ4n) is 9.13. The first-order valence-electron chi connectivity index (χ1n) is 18.5. The van der Waals surface area contributed by atoms with Crippen molar-refractivity contribution < 1.29 is 0 Å². The summed E-state index contributed by atoms with van der Waals surface area (Å²) in [5.74, 6) is 0. The topological polar surface area (TPSA) is 0 Å². The molecule has 54 heavy (non-hydrogen) atoms. The molecule has 0 N–H and O–H groups in total. The fraction of sp³-hybridized carbons (Fsp3) is 0. The van der Waals surface area contributed by atoms with Crippen LogP contribution in [-0.4, -0.2) is 0 Å². The van der Waals surface area contributed by atoms with Crippen molar-refractivity contribution in [3.05, 3.63) is 182 Å². The van der Waals surface area contributed by atoms with Crippen LogP contribution in [0, 0.1) is 0 Å². The third-order valence-corrected chi connectivity index (χ3v) is 13.8. The molecule has 0 saturated heterocycles. The van der Waals surface area contributed by atoms with Crippen molar-refractivity contribution >= 4 is 106 Å². The van der Waals surface area contributed by atoms with Crippen LogP contribution in [0.25, 0.3) is 117 Å². The van der Waals surface area contributed by atoms with E-state index in [4.69, 9.17) is 0 Å². The molecular formula is C52H30S2. The molecular weight excluding hydrogens is 689 g/mol. The summed E-state index contributed by atoms with van der Waals surface area (Å²) < 4.78 is 5.41. The van der Waals surface area contributed by atoms with Gasteiger partial charge >= 0.3 is 0 Å². The molecule has 0 spiro atoms. The van der Waals surface area contributed by atoms with E-state index in [0.717, 1.165) is 0 Å². The molecule has 10 aromatic carbocycles. The van der Waals surface area contributed by atoms with E-state index in [1.165, 1.54) is 117 Å². The number of thiophene rings is 2. The summed E-state index contributed by atoms with van der Waals surface area (Å²) in [5, 5.41) is 15.8. The normalized spacial score (nSPS) is 12.1. The maximum Gasteiger partial charge on any atom is 0.0434 e. The van der Waals surface area contributed by atoms with E-state index in [1.807, 2.05) is 22.7 Å². The molecule has 0 aliphatic rings. The van der Waals surface area contributed by atoms with Gasteiger partial charge in [-0.15, -0.1) is 22.7 Å². The zero-order valence-electron chi connectivity index (χ0n) is 29.1. The summed E-state index contributed by atoms with van der Waals surface area (Å²) in [6.45, 7) is 0. The molecule has 2 aromatic heterocycles. The van der Waals surface area contributed by atoms with Gasteiger partial charge in [0, 0.05) is 40.3 Å². The van der Waals surface area contributed by atoms with Gasteiger partial charge in [-0.3, -0.25) is 0 Å². The van der Waals surface area contributed by atoms with Crippen LogP contribution in [0.4, 0.5) is 0 Å². The van der Waals surface area contributed by atoms with Crippen molar-refractivity contribution in [2.75, 3.05) is 0 Å². The lowest BCUT2D eigenvalue weighted by Gasteiger charge is -2.19. The van der Waals surface area contributed by atoms with Crippen molar-refractivity contribution in [2.45, 2.75) is 0 Å². The molecule has 0 nitrogen and oxygen atoms in total. The van der Waals surface area contributed by atoms with Crippen LogP contribution in [0.3, 0.4) is 0 Å². The quantitative estimate of drug-likeness (QED) is 0.160. The second-order valence-corrected chi connectivity index (χ2v) is 16.4. The highest BCUT2D eigenvalue weighted by molar-refractivity contribution is 7.28. The van der Waals surface area contributed by atoms with Gasteiger partial charge in [0.05, 0.1) is 0 Å². The predicted octanol–water partition coefficient (Wildman–Crippen LogP) is 16.0. The van der Waals surface area contributed by atoms with Gasteiger partial charge in [0.15, 0.2) is 0 Å². The zero-order valence-corrected chi connectivity index (χ0v) is 30.8. The molecule has 0 aliphatic heterocycles. The molecule has 0 unspecified atom stereocenters. The molecule has 0 atom stereocenters. The first-order valence-corrected chi connectivity index (χ1v) is 20.1. The Hall–Kier alpha value is -6.32. The summed E-state index contributed by atoms with van der Waals surface area (Å²) in [4.78, 5) is 0. The molecule has 0 saturated carbocycles. The van der Waals surface area contributed by atoms with Crippen LogP contribution in [0.5, 0.6) is 0 Å². The van der Waals surface area contributed by atoms with Crippen molar-refractivity contribution in [2.24, 2.45) is 0 Å². The van der Waals surface area contributed by atoms with Crippen LogP contribution >= 0.6 is 22.7 Å². The second-order valence-electron chi connectivity index (χ2n) is 14.3. The van der Waals surface area contributed by atoms with E-state index in [9.17, 15) is 0 Å². The molecule has 2 heterocycles. The highest BCUT2D eigenvalue weighted by Gasteiger charge is 2.21. The Bertz CT molecular complexity index is 3430. The second kappa shape index (κ2) is 11.6. The van der Waals surface area contributed by atoms with Crippen molar-refractivity contribution in [1.29, 1.82) is 0 Å². The molecule has 250 valence electrons. The van der Waals surface area contributed by atoms with E-state index < -0.39 is 0 Å². The molecule has 12 aromatic rings. The van der Waals surface area contributed by atoms with Gasteiger partial charge in [-0.25, -0.2) is 0 Å². The number of benzene rings is 10. The molecule has 0 bridgehead atoms. The van der Waals surface area contributed by atoms with Gasteiger partial charge in [-0.1, -0.05) is 164 Å². The Morgan fingerprint density at radius 2 is 0.815 bits per heavy atom. The molecule has 12 rings (SSSR count). The monoisotopic (exact) mass is 718 g/mol. The van der Waals surface area contributed by atoms with Gasteiger partial charge in [0.1, 0.15) is 0 Å². The Balaban J connectivity index is 1.11. The Kier molecular flexibility index (Phi) is 6.48. The standard InChI is InChI=1S/C52H30S2/c1-2-12-31(13-3-1)34-26-27-42(37-17-7-6-16-36(34)37)49-40-20-10-8-18-38(40)48(39-19-9-11-21-41(39)49)33-23-24-43-47(30-33)53-45-28-29-46-51(50(43)45)44-25-22-32-14-4-5-15-35(32)52(44)54-46/h1-30H. The van der Waals surface area contributed by atoms with E-state index in [1.54, 1.807) is 0 Å². The van der Waals surface area contributed by atoms with Crippen LogP contribution < -0.4 is 0 Å². The number of rotatable bonds is 3. The summed E-state index contributed by atoms with van der Waals surface area (Å²) in [7, 11) is 0. The highest BCUT2D eigenvalue weighted by atomic mass is 32.1. The summed E-state index contributed by atoms with van der Waals surface area (Å²) in [6.07, 6.45) is 0. The summed E-state index contributed by atoms with van der Waals surface area (Å²) in [6, 6.07) is 67.7. The maximum atomic E-state index is 2.45. The van der Waals surface area contributed by atoms with Gasteiger partial charge in [-0.2, -0.15) is 0 Å². The lowest BCUT2D eigenvalue weighted by atomic mass is 9.83. The molecule has 2 heteroatoms. The van der Waals surface area contributed by atoms with Crippen molar-refractivity contribution in [1.82, 2.24) is 0 Å². The lowest BCUT2D eigenvalue weighted by molar-refractivity contribution is 1.64. The molecule has 0 amide bonds. The molecule has 0 fully saturated rings. The van der Waals surface area contributed by atoms with Crippen LogP contribution in [-0.2, 0) is 0 Å². The number of fused-ring (bicyclic) bond motifs is 12. The summed E-state index contributed by atoms with van der Waals surface area (Å²) >= 11 is 3.84. The fourth-order valence-corrected chi connectivity index (χ4v) is 11.5. The Morgan fingerprint density at radius 3 is 1.54 bits per heavy atom. The van der Waals surface area contributed by atoms with E-state index in [-0.39, 0.29) is 0 Å². The smallest absolute Gasteiger partial charge is 0.0434 e. The van der Waals surface area contributed by atoms with Crippen LogP contribution in [0.15, 0.2) is 182 Å². The largest absolute Gasteiger partial charge is 0.135 e. The van der Waals surface area contributed by atoms with Crippen molar-refractivity contribution in [3.63, 3.8) is 0 Å². The van der Waals surface area contributed by atoms with Crippen LogP contribution in [0.2, 0.25) is 0 Å². The van der Waals surface area contributed by atoms with Crippen LogP contribution in [0.1, 0.15) is 0 Å². The lowest BCUT2D eigenvalue weighted by Crippen LogP contribution is -1.92. The summed E-state index contributed by atoms with van der Waals surface area (Å²) in [5.41, 5.74) is 7.62. The average Bonchev–Trinajstić information content (AvgIpc) is 3.81. The van der Waals surface area contributed by atoms with Gasteiger partial charge in [0.2, 0.25) is 0 Å². The van der Waals surface area contributed by atoms with E-state index >= 15 is 0 Å². The van der Waals surface area contributed by atoms with Gasteiger partial charge < -0.3 is 0 Å². The van der Waals surface area contributed by atoms with Crippen molar-refractivity contribution in [3.8, 4) is 33.4 Å². The Morgan fingerprint density at radius 1 is 0.278 bits per heavy atom. The highest BCUT2D eigenvalue weighted by Crippen LogP contribution is 2.49. The minimum absolute atomic E-state index is 1.24. The third-order valence-electron chi connectivity index (χ3n) is 11.5. The molecule has 0 aliphatic carbocycles. The molecule has 0 radical (unpaired) electrons. The maximum absolute atomic E-state index is 2.45. The van der Waals surface area contributed by atoms with Gasteiger partial charge in [0.25, 0.3) is 0 Å². The predicted molar refractivity (Wildman–Crippen MR) is 239 cm³/mol. The first-order chi connectivity index (χ1) is 26.8. The SMILES string of the molecule is c1ccc(-c2ccc(-c3c4ccccc4c(-c4ccc5c(c4)sc4ccc6sc7c8ccccc8ccc7c6c45)c4ccccc34)c3ccccc23)cc1. The van der Waals surface area contributed by atoms with Gasteiger partial charge in [-0.05, 0) is 94.7 Å². The third kappa shape index (κ3) is 4.30. The van der Waals surface area contributed by atoms with E-state index in [0.29, 0.717) is 0 Å². The minimum Gasteiger partial charge on any atom is -0.135 e. The first kappa shape index (κ1) is 30.2. The number of hydrogen-bond donors (Lipinski definition) is 0.